The normalized spacial score (nSPS) is 13.2. The first-order valence-corrected chi connectivity index (χ1v) is 3.31. The Labute approximate surface area is 70.1 Å². The second-order valence-electron chi connectivity index (χ2n) is 3.03. The van der Waals surface area contributed by atoms with Crippen LogP contribution in [0.2, 0.25) is 0 Å². The SMILES string of the molecule is C=C(F)C(C)(C)C(C#N)C(=O)O. The van der Waals surface area contributed by atoms with Crippen molar-refractivity contribution in [3.8, 4) is 6.07 Å². The quantitative estimate of drug-likeness (QED) is 0.703. The molecular formula is C8H10FNO2. The van der Waals surface area contributed by atoms with E-state index in [4.69, 9.17) is 10.4 Å². The second-order valence-corrected chi connectivity index (χ2v) is 3.03. The van der Waals surface area contributed by atoms with Crippen LogP contribution in [0.1, 0.15) is 13.8 Å². The zero-order valence-electron chi connectivity index (χ0n) is 6.97. The Hall–Kier alpha value is -1.37. The van der Waals surface area contributed by atoms with Crippen LogP contribution < -0.4 is 0 Å². The van der Waals surface area contributed by atoms with Crippen molar-refractivity contribution in [1.82, 2.24) is 0 Å². The van der Waals surface area contributed by atoms with Gasteiger partial charge in [-0.1, -0.05) is 20.4 Å². The average molecular weight is 171 g/mol. The molecule has 0 saturated heterocycles. The van der Waals surface area contributed by atoms with Gasteiger partial charge >= 0.3 is 5.97 Å². The van der Waals surface area contributed by atoms with E-state index in [1.807, 2.05) is 0 Å². The van der Waals surface area contributed by atoms with E-state index in [-0.39, 0.29) is 0 Å². The summed E-state index contributed by atoms with van der Waals surface area (Å²) in [5.41, 5.74) is -1.33. The van der Waals surface area contributed by atoms with Crippen LogP contribution >= 0.6 is 0 Å². The summed E-state index contributed by atoms with van der Waals surface area (Å²) in [7, 11) is 0. The minimum absolute atomic E-state index is 0.795. The molecule has 1 N–H and O–H groups in total. The molecule has 0 radical (unpaired) electrons. The van der Waals surface area contributed by atoms with E-state index in [0.717, 1.165) is 0 Å². The van der Waals surface area contributed by atoms with Crippen molar-refractivity contribution >= 4 is 5.97 Å². The fraction of sp³-hybridized carbons (Fsp3) is 0.500. The van der Waals surface area contributed by atoms with Gasteiger partial charge in [-0.3, -0.25) is 4.79 Å². The molecule has 0 aliphatic carbocycles. The molecule has 4 heteroatoms. The van der Waals surface area contributed by atoms with E-state index >= 15 is 0 Å². The first-order chi connectivity index (χ1) is 5.34. The number of carboxylic acid groups (broad SMARTS) is 1. The third kappa shape index (κ3) is 1.82. The Morgan fingerprint density at radius 1 is 1.75 bits per heavy atom. The highest BCUT2D eigenvalue weighted by Gasteiger charge is 2.38. The number of halogens is 1. The zero-order valence-corrected chi connectivity index (χ0v) is 6.97. The third-order valence-corrected chi connectivity index (χ3v) is 1.80. The third-order valence-electron chi connectivity index (χ3n) is 1.80. The zero-order chi connectivity index (χ0) is 9.94. The predicted molar refractivity (Wildman–Crippen MR) is 40.8 cm³/mol. The van der Waals surface area contributed by atoms with Gasteiger partial charge in [0.2, 0.25) is 0 Å². The molecule has 0 saturated carbocycles. The molecular weight excluding hydrogens is 161 g/mol. The van der Waals surface area contributed by atoms with Gasteiger partial charge in [-0.2, -0.15) is 5.26 Å². The molecule has 66 valence electrons. The van der Waals surface area contributed by atoms with Crippen LogP contribution in [-0.2, 0) is 4.79 Å². The number of allylic oxidation sites excluding steroid dienone is 1. The van der Waals surface area contributed by atoms with Gasteiger partial charge in [0, 0.05) is 5.41 Å². The lowest BCUT2D eigenvalue weighted by Crippen LogP contribution is -2.30. The van der Waals surface area contributed by atoms with E-state index in [0.29, 0.717) is 0 Å². The number of nitrogens with zero attached hydrogens (tertiary/aromatic N) is 1. The lowest BCUT2D eigenvalue weighted by atomic mass is 9.79. The Kier molecular flexibility index (Phi) is 2.97. The number of rotatable bonds is 3. The van der Waals surface area contributed by atoms with Gasteiger partial charge in [0.05, 0.1) is 6.07 Å². The van der Waals surface area contributed by atoms with Crippen molar-refractivity contribution in [2.75, 3.05) is 0 Å². The van der Waals surface area contributed by atoms with Crippen LogP contribution in [-0.4, -0.2) is 11.1 Å². The van der Waals surface area contributed by atoms with E-state index in [1.165, 1.54) is 19.9 Å². The van der Waals surface area contributed by atoms with Gasteiger partial charge in [0.25, 0.3) is 0 Å². The molecule has 0 bridgehead atoms. The van der Waals surface area contributed by atoms with Gasteiger partial charge in [0.15, 0.2) is 5.92 Å². The molecule has 0 amide bonds. The summed E-state index contributed by atoms with van der Waals surface area (Å²) in [5.74, 6) is -3.52. The molecule has 0 fully saturated rings. The van der Waals surface area contributed by atoms with Crippen molar-refractivity contribution in [2.45, 2.75) is 13.8 Å². The number of aliphatic carboxylic acids is 1. The summed E-state index contributed by atoms with van der Waals surface area (Å²) < 4.78 is 12.7. The Balaban J connectivity index is 4.87. The number of carboxylic acids is 1. The number of hydrogen-bond donors (Lipinski definition) is 1. The molecule has 0 rings (SSSR count). The molecule has 0 heterocycles. The summed E-state index contributed by atoms with van der Waals surface area (Å²) in [5, 5.41) is 17.0. The molecule has 0 aliphatic rings. The summed E-state index contributed by atoms with van der Waals surface area (Å²) in [6, 6.07) is 1.52. The second kappa shape index (κ2) is 3.35. The monoisotopic (exact) mass is 171 g/mol. The molecule has 12 heavy (non-hydrogen) atoms. The largest absolute Gasteiger partial charge is 0.480 e. The minimum Gasteiger partial charge on any atom is -0.480 e. The van der Waals surface area contributed by atoms with Crippen LogP contribution in [0.5, 0.6) is 0 Å². The van der Waals surface area contributed by atoms with Gasteiger partial charge in [-0.25, -0.2) is 4.39 Å². The molecule has 0 aromatic carbocycles. The highest BCUT2D eigenvalue weighted by atomic mass is 19.1. The first kappa shape index (κ1) is 10.6. The van der Waals surface area contributed by atoms with Crippen LogP contribution in [0.4, 0.5) is 4.39 Å². The summed E-state index contributed by atoms with van der Waals surface area (Å²) >= 11 is 0. The van der Waals surface area contributed by atoms with E-state index < -0.39 is 23.1 Å². The maximum absolute atomic E-state index is 12.7. The fourth-order valence-corrected chi connectivity index (χ4v) is 0.682. The molecule has 0 aromatic heterocycles. The molecule has 3 nitrogen and oxygen atoms in total. The minimum atomic E-state index is -1.39. The van der Waals surface area contributed by atoms with Crippen molar-refractivity contribution < 1.29 is 14.3 Å². The van der Waals surface area contributed by atoms with Crippen LogP contribution in [0.15, 0.2) is 12.4 Å². The maximum atomic E-state index is 12.7. The van der Waals surface area contributed by atoms with Gasteiger partial charge in [-0.15, -0.1) is 0 Å². The van der Waals surface area contributed by atoms with E-state index in [9.17, 15) is 9.18 Å². The fourth-order valence-electron chi connectivity index (χ4n) is 0.682. The molecule has 0 aliphatic heterocycles. The highest BCUT2D eigenvalue weighted by molar-refractivity contribution is 5.74. The van der Waals surface area contributed by atoms with Crippen LogP contribution in [0, 0.1) is 22.7 Å². The molecule has 0 spiro atoms. The number of nitriles is 1. The topological polar surface area (TPSA) is 61.1 Å². The van der Waals surface area contributed by atoms with Crippen molar-refractivity contribution in [3.05, 3.63) is 12.4 Å². The van der Waals surface area contributed by atoms with E-state index in [2.05, 4.69) is 6.58 Å². The highest BCUT2D eigenvalue weighted by Crippen LogP contribution is 2.34. The predicted octanol–water partition coefficient (Wildman–Crippen LogP) is 1.72. The molecule has 1 atom stereocenters. The standard InChI is InChI=1S/C8H10FNO2/c1-5(9)8(2,3)6(4-10)7(11)12/h6H,1H2,2-3H3,(H,11,12). The van der Waals surface area contributed by atoms with Gasteiger partial charge in [-0.05, 0) is 0 Å². The van der Waals surface area contributed by atoms with Gasteiger partial charge < -0.3 is 5.11 Å². The van der Waals surface area contributed by atoms with E-state index in [1.54, 1.807) is 0 Å². The summed E-state index contributed by atoms with van der Waals surface area (Å²) in [4.78, 5) is 10.5. The number of hydrogen-bond acceptors (Lipinski definition) is 2. The van der Waals surface area contributed by atoms with Crippen LogP contribution in [0.25, 0.3) is 0 Å². The van der Waals surface area contributed by atoms with Crippen molar-refractivity contribution in [3.63, 3.8) is 0 Å². The first-order valence-electron chi connectivity index (χ1n) is 3.31. The average Bonchev–Trinajstić information content (AvgIpc) is 1.86. The van der Waals surface area contributed by atoms with Crippen molar-refractivity contribution in [1.29, 1.82) is 5.26 Å². The summed E-state index contributed by atoms with van der Waals surface area (Å²) in [6.45, 7) is 5.66. The maximum Gasteiger partial charge on any atom is 0.321 e. The Morgan fingerprint density at radius 2 is 2.17 bits per heavy atom. The number of carbonyl (C=O) groups is 1. The Morgan fingerprint density at radius 3 is 2.25 bits per heavy atom. The summed E-state index contributed by atoms with van der Waals surface area (Å²) in [6.07, 6.45) is 0. The molecule has 1 unspecified atom stereocenters. The lowest BCUT2D eigenvalue weighted by Gasteiger charge is -2.23. The Bertz CT molecular complexity index is 252. The smallest absolute Gasteiger partial charge is 0.321 e. The van der Waals surface area contributed by atoms with Crippen molar-refractivity contribution in [2.24, 2.45) is 11.3 Å². The van der Waals surface area contributed by atoms with Crippen LogP contribution in [0.3, 0.4) is 0 Å². The molecule has 0 aromatic rings. The van der Waals surface area contributed by atoms with Gasteiger partial charge in [0.1, 0.15) is 5.83 Å². The lowest BCUT2D eigenvalue weighted by molar-refractivity contribution is -0.142.